The minimum atomic E-state index is -2.49. The van der Waals surface area contributed by atoms with Gasteiger partial charge in [-0.1, -0.05) is 0 Å². The molecule has 1 atom stereocenters. The van der Waals surface area contributed by atoms with Crippen molar-refractivity contribution in [2.75, 3.05) is 6.61 Å². The average molecular weight is 204 g/mol. The summed E-state index contributed by atoms with van der Waals surface area (Å²) in [6.07, 6.45) is 2.29. The lowest BCUT2D eigenvalue weighted by molar-refractivity contribution is -0.116. The predicted octanol–water partition coefficient (Wildman–Crippen LogP) is 1.17. The van der Waals surface area contributed by atoms with Gasteiger partial charge in [-0.05, 0) is 11.5 Å². The van der Waals surface area contributed by atoms with Crippen LogP contribution in [-0.2, 0) is 4.74 Å². The fourth-order valence-electron chi connectivity index (χ4n) is 2.12. The van der Waals surface area contributed by atoms with Crippen LogP contribution in [-0.4, -0.2) is 18.6 Å². The van der Waals surface area contributed by atoms with Crippen molar-refractivity contribution >= 4 is 0 Å². The highest BCUT2D eigenvalue weighted by atomic mass is 19.3. The van der Waals surface area contributed by atoms with Gasteiger partial charge in [0.25, 0.3) is 0 Å². The van der Waals surface area contributed by atoms with Crippen molar-refractivity contribution in [1.29, 1.82) is 0 Å². The molecule has 0 amide bonds. The van der Waals surface area contributed by atoms with Gasteiger partial charge in [0.2, 0.25) is 5.92 Å². The monoisotopic (exact) mass is 204 g/mol. The summed E-state index contributed by atoms with van der Waals surface area (Å²) in [7, 11) is 0. The number of ether oxygens (including phenoxy) is 1. The lowest BCUT2D eigenvalue weighted by atomic mass is 9.74. The van der Waals surface area contributed by atoms with Crippen LogP contribution >= 0.6 is 0 Å². The third-order valence-electron chi connectivity index (χ3n) is 2.92. The van der Waals surface area contributed by atoms with Gasteiger partial charge < -0.3 is 4.74 Å². The van der Waals surface area contributed by atoms with Crippen LogP contribution in [0.25, 0.3) is 0 Å². The van der Waals surface area contributed by atoms with Crippen LogP contribution in [0.1, 0.15) is 19.3 Å². The molecular formula is C9H14F2N2O. The summed E-state index contributed by atoms with van der Waals surface area (Å²) in [5.41, 5.74) is 3.61. The van der Waals surface area contributed by atoms with Gasteiger partial charge in [-0.15, -0.1) is 0 Å². The molecule has 0 aromatic rings. The van der Waals surface area contributed by atoms with E-state index >= 15 is 0 Å². The lowest BCUT2D eigenvalue weighted by Crippen LogP contribution is -2.50. The molecule has 1 heterocycles. The minimum absolute atomic E-state index is 0.0528. The number of nitrogens with two attached hydrogens (primary N) is 1. The van der Waals surface area contributed by atoms with Crippen LogP contribution in [0.5, 0.6) is 0 Å². The lowest BCUT2D eigenvalue weighted by Gasteiger charge is -2.40. The van der Waals surface area contributed by atoms with Crippen molar-refractivity contribution in [1.82, 2.24) is 5.43 Å². The molecule has 0 radical (unpaired) electrons. The third kappa shape index (κ3) is 1.74. The first-order chi connectivity index (χ1) is 6.62. The first-order valence-corrected chi connectivity index (χ1v) is 4.77. The Morgan fingerprint density at radius 1 is 1.57 bits per heavy atom. The molecule has 14 heavy (non-hydrogen) atoms. The first kappa shape index (κ1) is 9.86. The SMILES string of the molecule is NNC(C1=COCC1)C1CC(F)(F)C1. The van der Waals surface area contributed by atoms with E-state index in [1.807, 2.05) is 0 Å². The largest absolute Gasteiger partial charge is 0.501 e. The number of halogens is 2. The van der Waals surface area contributed by atoms with Gasteiger partial charge in [-0.25, -0.2) is 8.78 Å². The maximum atomic E-state index is 12.7. The molecule has 2 rings (SSSR count). The molecule has 80 valence electrons. The molecule has 0 aromatic heterocycles. The van der Waals surface area contributed by atoms with Crippen molar-refractivity contribution in [3.8, 4) is 0 Å². The number of hydrogen-bond donors (Lipinski definition) is 2. The summed E-state index contributed by atoms with van der Waals surface area (Å²) >= 11 is 0. The Labute approximate surface area is 81.3 Å². The van der Waals surface area contributed by atoms with E-state index in [1.165, 1.54) is 0 Å². The number of nitrogens with one attached hydrogen (secondary N) is 1. The molecule has 1 fully saturated rings. The topological polar surface area (TPSA) is 47.3 Å². The Morgan fingerprint density at radius 3 is 2.71 bits per heavy atom. The minimum Gasteiger partial charge on any atom is -0.501 e. The molecule has 0 bridgehead atoms. The second-order valence-electron chi connectivity index (χ2n) is 3.98. The molecule has 2 aliphatic rings. The van der Waals surface area contributed by atoms with Gasteiger partial charge in [-0.2, -0.15) is 0 Å². The normalized spacial score (nSPS) is 27.8. The highest BCUT2D eigenvalue weighted by Gasteiger charge is 2.49. The van der Waals surface area contributed by atoms with Crippen LogP contribution in [0.3, 0.4) is 0 Å². The Balaban J connectivity index is 1.94. The number of rotatable bonds is 3. The standard InChI is InChI=1S/C9H14F2N2O/c10-9(11)3-7(4-9)8(13-12)6-1-2-14-5-6/h5,7-8,13H,1-4,12H2. The van der Waals surface area contributed by atoms with E-state index in [4.69, 9.17) is 10.6 Å². The molecule has 1 unspecified atom stereocenters. The van der Waals surface area contributed by atoms with Gasteiger partial charge >= 0.3 is 0 Å². The predicted molar refractivity (Wildman–Crippen MR) is 47.4 cm³/mol. The fourth-order valence-corrected chi connectivity index (χ4v) is 2.12. The number of hydrazine groups is 1. The van der Waals surface area contributed by atoms with E-state index < -0.39 is 5.92 Å². The summed E-state index contributed by atoms with van der Waals surface area (Å²) in [5, 5.41) is 0. The van der Waals surface area contributed by atoms with Crippen molar-refractivity contribution in [3.63, 3.8) is 0 Å². The molecule has 1 aliphatic heterocycles. The molecule has 0 spiro atoms. The number of alkyl halides is 2. The van der Waals surface area contributed by atoms with E-state index in [9.17, 15) is 8.78 Å². The quantitative estimate of drug-likeness (QED) is 0.536. The Morgan fingerprint density at radius 2 is 2.29 bits per heavy atom. The zero-order chi connectivity index (χ0) is 10.2. The highest BCUT2D eigenvalue weighted by molar-refractivity contribution is 5.15. The molecule has 0 saturated heterocycles. The maximum absolute atomic E-state index is 12.7. The van der Waals surface area contributed by atoms with Crippen LogP contribution < -0.4 is 11.3 Å². The van der Waals surface area contributed by atoms with Gasteiger partial charge in [-0.3, -0.25) is 11.3 Å². The molecule has 5 heteroatoms. The molecule has 0 aromatic carbocycles. The zero-order valence-electron chi connectivity index (χ0n) is 7.80. The summed E-state index contributed by atoms with van der Waals surface area (Å²) in [4.78, 5) is 0. The van der Waals surface area contributed by atoms with Crippen molar-refractivity contribution in [2.24, 2.45) is 11.8 Å². The molecule has 1 aliphatic carbocycles. The van der Waals surface area contributed by atoms with Crippen LogP contribution in [0.2, 0.25) is 0 Å². The molecular weight excluding hydrogens is 190 g/mol. The second kappa shape index (κ2) is 3.47. The highest BCUT2D eigenvalue weighted by Crippen LogP contribution is 2.45. The summed E-state index contributed by atoms with van der Waals surface area (Å²) in [5.74, 6) is 2.82. The molecule has 3 nitrogen and oxygen atoms in total. The van der Waals surface area contributed by atoms with Crippen LogP contribution in [0.4, 0.5) is 8.78 Å². The number of hydrogen-bond acceptors (Lipinski definition) is 3. The van der Waals surface area contributed by atoms with E-state index in [-0.39, 0.29) is 24.8 Å². The van der Waals surface area contributed by atoms with Crippen molar-refractivity contribution in [2.45, 2.75) is 31.2 Å². The summed E-state index contributed by atoms with van der Waals surface area (Å²) in [6.45, 7) is 0.636. The smallest absolute Gasteiger partial charge is 0.248 e. The third-order valence-corrected chi connectivity index (χ3v) is 2.92. The van der Waals surface area contributed by atoms with Gasteiger partial charge in [0.1, 0.15) is 0 Å². The van der Waals surface area contributed by atoms with Crippen LogP contribution in [0, 0.1) is 5.92 Å². The molecule has 3 N–H and O–H groups in total. The van der Waals surface area contributed by atoms with E-state index in [1.54, 1.807) is 6.26 Å². The van der Waals surface area contributed by atoms with Crippen molar-refractivity contribution in [3.05, 3.63) is 11.8 Å². The summed E-state index contributed by atoms with van der Waals surface area (Å²) in [6, 6.07) is -0.142. The Hall–Kier alpha value is -0.680. The fraction of sp³-hybridized carbons (Fsp3) is 0.778. The second-order valence-corrected chi connectivity index (χ2v) is 3.98. The Kier molecular flexibility index (Phi) is 2.45. The van der Waals surface area contributed by atoms with Crippen molar-refractivity contribution < 1.29 is 13.5 Å². The van der Waals surface area contributed by atoms with Gasteiger partial charge in [0, 0.05) is 25.3 Å². The first-order valence-electron chi connectivity index (χ1n) is 4.77. The Bertz CT molecular complexity index is 247. The maximum Gasteiger partial charge on any atom is 0.248 e. The van der Waals surface area contributed by atoms with E-state index in [0.29, 0.717) is 6.61 Å². The van der Waals surface area contributed by atoms with E-state index in [2.05, 4.69) is 5.43 Å². The molecule has 1 saturated carbocycles. The average Bonchev–Trinajstić information content (AvgIpc) is 2.55. The van der Waals surface area contributed by atoms with Crippen LogP contribution in [0.15, 0.2) is 11.8 Å². The van der Waals surface area contributed by atoms with Gasteiger partial charge in [0.15, 0.2) is 0 Å². The summed E-state index contributed by atoms with van der Waals surface area (Å²) < 4.78 is 30.4. The van der Waals surface area contributed by atoms with E-state index in [0.717, 1.165) is 12.0 Å². The zero-order valence-corrected chi connectivity index (χ0v) is 7.80. The van der Waals surface area contributed by atoms with Gasteiger partial charge in [0.05, 0.1) is 12.9 Å².